The molecule has 3 nitrogen and oxygen atoms in total. The van der Waals surface area contributed by atoms with Crippen molar-refractivity contribution in [1.29, 1.82) is 5.26 Å². The number of benzene rings is 1. The van der Waals surface area contributed by atoms with E-state index in [9.17, 15) is 10.1 Å². The first-order valence-electron chi connectivity index (χ1n) is 5.48. The summed E-state index contributed by atoms with van der Waals surface area (Å²) in [4.78, 5) is 12.9. The molecule has 1 aromatic carbocycles. The van der Waals surface area contributed by atoms with Crippen LogP contribution in [0.15, 0.2) is 35.7 Å². The molecule has 5 heteroatoms. The van der Waals surface area contributed by atoms with Crippen LogP contribution in [0.2, 0.25) is 5.02 Å². The summed E-state index contributed by atoms with van der Waals surface area (Å²) in [5.41, 5.74) is 0.520. The zero-order chi connectivity index (χ0) is 13.8. The second-order valence-corrected chi connectivity index (χ2v) is 5.09. The minimum atomic E-state index is -0.916. The standard InChI is InChI=1S/C14H10ClNO2S/c1-18-12-6-7-19-14(12)13(17)10(8-16)9-4-2-3-5-11(9)15/h2-7,10H,1H3. The van der Waals surface area contributed by atoms with E-state index >= 15 is 0 Å². The van der Waals surface area contributed by atoms with Crippen molar-refractivity contribution in [2.45, 2.75) is 5.92 Å². The highest BCUT2D eigenvalue weighted by Gasteiger charge is 2.27. The van der Waals surface area contributed by atoms with E-state index in [-0.39, 0.29) is 5.78 Å². The molecule has 0 saturated heterocycles. The molecule has 1 heterocycles. The Morgan fingerprint density at radius 3 is 2.79 bits per heavy atom. The van der Waals surface area contributed by atoms with Gasteiger partial charge in [0.05, 0.1) is 13.2 Å². The number of halogens is 1. The van der Waals surface area contributed by atoms with Gasteiger partial charge in [-0.1, -0.05) is 29.8 Å². The molecule has 0 spiro atoms. The molecule has 0 saturated carbocycles. The molecule has 1 atom stereocenters. The summed E-state index contributed by atoms with van der Waals surface area (Å²) in [6.07, 6.45) is 0. The summed E-state index contributed by atoms with van der Waals surface area (Å²) >= 11 is 7.30. The molecule has 2 aromatic rings. The first kappa shape index (κ1) is 13.6. The van der Waals surface area contributed by atoms with Crippen LogP contribution in [-0.2, 0) is 0 Å². The minimum absolute atomic E-state index is 0.289. The zero-order valence-electron chi connectivity index (χ0n) is 10.1. The molecule has 0 N–H and O–H groups in total. The topological polar surface area (TPSA) is 50.1 Å². The predicted octanol–water partition coefficient (Wildman–Crippen LogP) is 3.90. The second-order valence-electron chi connectivity index (χ2n) is 3.77. The Labute approximate surface area is 120 Å². The van der Waals surface area contributed by atoms with Crippen molar-refractivity contribution < 1.29 is 9.53 Å². The average molecular weight is 292 g/mol. The maximum atomic E-state index is 12.4. The zero-order valence-corrected chi connectivity index (χ0v) is 11.7. The number of methoxy groups -OCH3 is 1. The van der Waals surface area contributed by atoms with Crippen molar-refractivity contribution in [1.82, 2.24) is 0 Å². The van der Waals surface area contributed by atoms with Crippen LogP contribution in [0, 0.1) is 11.3 Å². The van der Waals surface area contributed by atoms with E-state index in [1.807, 2.05) is 6.07 Å². The van der Waals surface area contributed by atoms with E-state index in [0.717, 1.165) is 0 Å². The lowest BCUT2D eigenvalue weighted by Gasteiger charge is -2.10. The Hall–Kier alpha value is -1.83. The van der Waals surface area contributed by atoms with Crippen LogP contribution < -0.4 is 4.74 Å². The molecule has 1 unspecified atom stereocenters. The third-order valence-corrected chi connectivity index (χ3v) is 3.93. The Kier molecular flexibility index (Phi) is 4.20. The van der Waals surface area contributed by atoms with E-state index in [1.54, 1.807) is 35.7 Å². The lowest BCUT2D eigenvalue weighted by Crippen LogP contribution is -2.11. The number of Topliss-reactive ketones (excluding diaryl/α,β-unsaturated/α-hetero) is 1. The van der Waals surface area contributed by atoms with Crippen molar-refractivity contribution >= 4 is 28.7 Å². The highest BCUT2D eigenvalue weighted by atomic mass is 35.5. The lowest BCUT2D eigenvalue weighted by atomic mass is 9.95. The molecular formula is C14H10ClNO2S. The average Bonchev–Trinajstić information content (AvgIpc) is 2.89. The van der Waals surface area contributed by atoms with Crippen LogP contribution in [0.25, 0.3) is 0 Å². The summed E-state index contributed by atoms with van der Waals surface area (Å²) in [5, 5.41) is 11.4. The number of carbonyl (C=O) groups is 1. The molecule has 19 heavy (non-hydrogen) atoms. The van der Waals surface area contributed by atoms with Crippen molar-refractivity contribution in [3.05, 3.63) is 51.2 Å². The summed E-state index contributed by atoms with van der Waals surface area (Å²) in [7, 11) is 1.50. The molecule has 1 aromatic heterocycles. The first-order chi connectivity index (χ1) is 9.19. The predicted molar refractivity (Wildman–Crippen MR) is 75.0 cm³/mol. The van der Waals surface area contributed by atoms with Gasteiger partial charge in [0.15, 0.2) is 5.78 Å². The van der Waals surface area contributed by atoms with Crippen LogP contribution in [0.1, 0.15) is 21.2 Å². The molecule has 0 aliphatic rings. The molecule has 0 bridgehead atoms. The highest BCUT2D eigenvalue weighted by Crippen LogP contribution is 2.32. The molecule has 0 aliphatic heterocycles. The molecule has 0 amide bonds. The Morgan fingerprint density at radius 2 is 2.16 bits per heavy atom. The molecule has 0 radical (unpaired) electrons. The number of ketones is 1. The fourth-order valence-corrected chi connectivity index (χ4v) is 2.82. The summed E-state index contributed by atoms with van der Waals surface area (Å²) in [6.45, 7) is 0. The maximum Gasteiger partial charge on any atom is 0.198 e. The summed E-state index contributed by atoms with van der Waals surface area (Å²) < 4.78 is 5.11. The van der Waals surface area contributed by atoms with E-state index in [1.165, 1.54) is 18.4 Å². The minimum Gasteiger partial charge on any atom is -0.495 e. The number of thiophene rings is 1. The van der Waals surface area contributed by atoms with Crippen LogP contribution in [-0.4, -0.2) is 12.9 Å². The van der Waals surface area contributed by atoms with Crippen molar-refractivity contribution in [2.24, 2.45) is 0 Å². The monoisotopic (exact) mass is 291 g/mol. The number of carbonyl (C=O) groups excluding carboxylic acids is 1. The van der Waals surface area contributed by atoms with E-state index in [2.05, 4.69) is 0 Å². The van der Waals surface area contributed by atoms with Gasteiger partial charge in [0.2, 0.25) is 0 Å². The van der Waals surface area contributed by atoms with Crippen LogP contribution in [0.4, 0.5) is 0 Å². The number of hydrogen-bond donors (Lipinski definition) is 0. The maximum absolute atomic E-state index is 12.4. The van der Waals surface area contributed by atoms with Gasteiger partial charge in [0.1, 0.15) is 16.5 Å². The van der Waals surface area contributed by atoms with Crippen LogP contribution >= 0.6 is 22.9 Å². The summed E-state index contributed by atoms with van der Waals surface area (Å²) in [6, 6.07) is 10.6. The van der Waals surface area contributed by atoms with Gasteiger partial charge in [-0.15, -0.1) is 11.3 Å². The molecule has 96 valence electrons. The quantitative estimate of drug-likeness (QED) is 0.803. The van der Waals surface area contributed by atoms with Gasteiger partial charge in [0.25, 0.3) is 0 Å². The van der Waals surface area contributed by atoms with Crippen LogP contribution in [0.3, 0.4) is 0 Å². The third kappa shape index (κ3) is 2.62. The number of hydrogen-bond acceptors (Lipinski definition) is 4. The molecule has 2 rings (SSSR count). The van der Waals surface area contributed by atoms with Gasteiger partial charge in [-0.3, -0.25) is 4.79 Å². The van der Waals surface area contributed by atoms with Crippen LogP contribution in [0.5, 0.6) is 5.75 Å². The Morgan fingerprint density at radius 1 is 1.42 bits per heavy atom. The van der Waals surface area contributed by atoms with Gasteiger partial charge in [0, 0.05) is 5.02 Å². The first-order valence-corrected chi connectivity index (χ1v) is 6.74. The fourth-order valence-electron chi connectivity index (χ4n) is 1.75. The Bertz CT molecular complexity index is 645. The van der Waals surface area contributed by atoms with Gasteiger partial charge >= 0.3 is 0 Å². The van der Waals surface area contributed by atoms with Gasteiger partial charge in [-0.25, -0.2) is 0 Å². The summed E-state index contributed by atoms with van der Waals surface area (Å²) in [5.74, 6) is -0.717. The smallest absolute Gasteiger partial charge is 0.198 e. The van der Waals surface area contributed by atoms with Crippen molar-refractivity contribution in [2.75, 3.05) is 7.11 Å². The fraction of sp³-hybridized carbons (Fsp3) is 0.143. The lowest BCUT2D eigenvalue weighted by molar-refractivity contribution is 0.0980. The highest BCUT2D eigenvalue weighted by molar-refractivity contribution is 7.12. The Balaban J connectivity index is 2.42. The van der Waals surface area contributed by atoms with Gasteiger partial charge < -0.3 is 4.74 Å². The number of rotatable bonds is 4. The molecule has 0 fully saturated rings. The third-order valence-electron chi connectivity index (χ3n) is 2.68. The molecule has 0 aliphatic carbocycles. The van der Waals surface area contributed by atoms with E-state index in [0.29, 0.717) is 21.2 Å². The number of nitrogens with zero attached hydrogens (tertiary/aromatic N) is 1. The normalized spacial score (nSPS) is 11.6. The number of ether oxygens (including phenoxy) is 1. The largest absolute Gasteiger partial charge is 0.495 e. The molecular weight excluding hydrogens is 282 g/mol. The van der Waals surface area contributed by atoms with Crippen molar-refractivity contribution in [3.63, 3.8) is 0 Å². The van der Waals surface area contributed by atoms with Gasteiger partial charge in [-0.2, -0.15) is 5.26 Å². The number of nitriles is 1. The van der Waals surface area contributed by atoms with Gasteiger partial charge in [-0.05, 0) is 23.1 Å². The van der Waals surface area contributed by atoms with E-state index < -0.39 is 5.92 Å². The van der Waals surface area contributed by atoms with E-state index in [4.69, 9.17) is 16.3 Å². The SMILES string of the molecule is COc1ccsc1C(=O)C(C#N)c1ccccc1Cl. The second kappa shape index (κ2) is 5.87. The van der Waals surface area contributed by atoms with Crippen molar-refractivity contribution in [3.8, 4) is 11.8 Å².